The molecule has 2 saturated heterocycles. The normalized spacial score (nSPS) is 26.8. The Morgan fingerprint density at radius 3 is 2.58 bits per heavy atom. The van der Waals surface area contributed by atoms with E-state index in [1.165, 1.54) is 0 Å². The fourth-order valence-electron chi connectivity index (χ4n) is 3.89. The molecule has 0 unspecified atom stereocenters. The van der Waals surface area contributed by atoms with Crippen LogP contribution < -0.4 is 0 Å². The molecule has 1 aromatic carbocycles. The van der Waals surface area contributed by atoms with Crippen molar-refractivity contribution in [1.29, 1.82) is 0 Å². The first-order chi connectivity index (χ1) is 11.5. The fourth-order valence-corrected chi connectivity index (χ4v) is 3.89. The summed E-state index contributed by atoms with van der Waals surface area (Å²) >= 11 is 0. The van der Waals surface area contributed by atoms with Crippen molar-refractivity contribution in [1.82, 2.24) is 9.80 Å². The number of benzene rings is 1. The lowest BCUT2D eigenvalue weighted by atomic mass is 9.81. The number of amides is 1. The number of ether oxygens (including phenoxy) is 1. The van der Waals surface area contributed by atoms with E-state index in [-0.39, 0.29) is 23.7 Å². The molecule has 2 atom stereocenters. The zero-order chi connectivity index (χ0) is 17.2. The molecule has 3 rings (SSSR count). The molecule has 0 bridgehead atoms. The second-order valence-corrected chi connectivity index (χ2v) is 7.41. The molecule has 2 aliphatic rings. The van der Waals surface area contributed by atoms with Gasteiger partial charge in [-0.1, -0.05) is 30.3 Å². The predicted molar refractivity (Wildman–Crippen MR) is 92.6 cm³/mol. The number of aliphatic hydroxyl groups excluding tert-OH is 1. The van der Waals surface area contributed by atoms with Crippen LogP contribution >= 0.6 is 0 Å². The molecule has 0 aliphatic carbocycles. The number of nitrogens with zero attached hydrogens (tertiary/aromatic N) is 2. The third kappa shape index (κ3) is 3.97. The molecule has 2 aliphatic heterocycles. The SMILES string of the molecule is CN(C)CC(=O)N1CCC2(CC1)C[C@H](O)C[C@H](c1ccccc1)O2. The van der Waals surface area contributed by atoms with Crippen LogP contribution in [-0.2, 0) is 9.53 Å². The van der Waals surface area contributed by atoms with Crippen molar-refractivity contribution < 1.29 is 14.6 Å². The first-order valence-electron chi connectivity index (χ1n) is 8.81. The molecule has 2 heterocycles. The van der Waals surface area contributed by atoms with Gasteiger partial charge < -0.3 is 19.6 Å². The number of likely N-dealkylation sites (N-methyl/N-ethyl adjacent to an activating group) is 1. The summed E-state index contributed by atoms with van der Waals surface area (Å²) in [6.45, 7) is 1.87. The maximum absolute atomic E-state index is 12.2. The number of aliphatic hydroxyl groups is 1. The van der Waals surface area contributed by atoms with Crippen LogP contribution in [0, 0.1) is 0 Å². The van der Waals surface area contributed by atoms with E-state index in [2.05, 4.69) is 12.1 Å². The van der Waals surface area contributed by atoms with Crippen molar-refractivity contribution in [3.05, 3.63) is 35.9 Å². The molecule has 0 radical (unpaired) electrons. The predicted octanol–water partition coefficient (Wildman–Crippen LogP) is 1.82. The molecule has 1 aromatic rings. The maximum atomic E-state index is 12.2. The lowest BCUT2D eigenvalue weighted by molar-refractivity contribution is -0.185. The van der Waals surface area contributed by atoms with Crippen LogP contribution in [0.15, 0.2) is 30.3 Å². The van der Waals surface area contributed by atoms with E-state index >= 15 is 0 Å². The first kappa shape index (κ1) is 17.4. The minimum Gasteiger partial charge on any atom is -0.393 e. The van der Waals surface area contributed by atoms with Crippen LogP contribution in [0.25, 0.3) is 0 Å². The summed E-state index contributed by atoms with van der Waals surface area (Å²) in [4.78, 5) is 16.0. The third-order valence-electron chi connectivity index (χ3n) is 5.14. The Bertz CT molecular complexity index is 553. The molecule has 0 saturated carbocycles. The number of likely N-dealkylation sites (tertiary alicyclic amines) is 1. The average Bonchev–Trinajstić information content (AvgIpc) is 2.55. The Balaban J connectivity index is 1.65. The van der Waals surface area contributed by atoms with E-state index in [4.69, 9.17) is 4.74 Å². The van der Waals surface area contributed by atoms with Crippen molar-refractivity contribution in [2.24, 2.45) is 0 Å². The van der Waals surface area contributed by atoms with Gasteiger partial charge in [-0.25, -0.2) is 0 Å². The van der Waals surface area contributed by atoms with Crippen LogP contribution in [0.3, 0.4) is 0 Å². The average molecular weight is 332 g/mol. The van der Waals surface area contributed by atoms with E-state index in [0.717, 1.165) is 18.4 Å². The lowest BCUT2D eigenvalue weighted by Gasteiger charge is -2.48. The van der Waals surface area contributed by atoms with Crippen molar-refractivity contribution in [2.45, 2.75) is 43.5 Å². The molecule has 1 spiro atoms. The van der Waals surface area contributed by atoms with Crippen LogP contribution in [-0.4, -0.2) is 66.2 Å². The zero-order valence-electron chi connectivity index (χ0n) is 14.6. The summed E-state index contributed by atoms with van der Waals surface area (Å²) in [5.41, 5.74) is 0.828. The molecule has 5 nitrogen and oxygen atoms in total. The molecular formula is C19H28N2O3. The summed E-state index contributed by atoms with van der Waals surface area (Å²) in [5, 5.41) is 10.4. The van der Waals surface area contributed by atoms with Crippen molar-refractivity contribution >= 4 is 5.91 Å². The highest BCUT2D eigenvalue weighted by molar-refractivity contribution is 5.78. The Hall–Kier alpha value is -1.43. The monoisotopic (exact) mass is 332 g/mol. The van der Waals surface area contributed by atoms with Gasteiger partial charge in [0.15, 0.2) is 0 Å². The second kappa shape index (κ2) is 7.21. The minimum absolute atomic E-state index is 0.0565. The Labute approximate surface area is 144 Å². The van der Waals surface area contributed by atoms with Gasteiger partial charge in [0.25, 0.3) is 0 Å². The maximum Gasteiger partial charge on any atom is 0.236 e. The lowest BCUT2D eigenvalue weighted by Crippen LogP contribution is -2.53. The van der Waals surface area contributed by atoms with Gasteiger partial charge in [-0.3, -0.25) is 4.79 Å². The number of rotatable bonds is 3. The van der Waals surface area contributed by atoms with Crippen LogP contribution in [0.4, 0.5) is 0 Å². The van der Waals surface area contributed by atoms with Gasteiger partial charge in [0.2, 0.25) is 5.91 Å². The van der Waals surface area contributed by atoms with E-state index in [9.17, 15) is 9.90 Å². The Morgan fingerprint density at radius 2 is 1.96 bits per heavy atom. The highest BCUT2D eigenvalue weighted by Gasteiger charge is 2.44. The molecule has 24 heavy (non-hydrogen) atoms. The van der Waals surface area contributed by atoms with Gasteiger partial charge in [-0.05, 0) is 32.5 Å². The molecule has 1 N–H and O–H groups in total. The largest absolute Gasteiger partial charge is 0.393 e. The molecule has 2 fully saturated rings. The molecule has 0 aromatic heterocycles. The van der Waals surface area contributed by atoms with Gasteiger partial charge in [0.1, 0.15) is 0 Å². The number of piperidine rings is 1. The van der Waals surface area contributed by atoms with Gasteiger partial charge >= 0.3 is 0 Å². The number of carbonyl (C=O) groups excluding carboxylic acids is 1. The Kier molecular flexibility index (Phi) is 5.23. The number of hydrogen-bond donors (Lipinski definition) is 1. The third-order valence-corrected chi connectivity index (χ3v) is 5.14. The smallest absolute Gasteiger partial charge is 0.236 e. The van der Waals surface area contributed by atoms with E-state index < -0.39 is 0 Å². The summed E-state index contributed by atoms with van der Waals surface area (Å²) in [6.07, 6.45) is 2.52. The fraction of sp³-hybridized carbons (Fsp3) is 0.632. The second-order valence-electron chi connectivity index (χ2n) is 7.41. The number of hydrogen-bond acceptors (Lipinski definition) is 4. The van der Waals surface area contributed by atoms with Gasteiger partial charge in [-0.2, -0.15) is 0 Å². The summed E-state index contributed by atoms with van der Waals surface area (Å²) < 4.78 is 6.47. The van der Waals surface area contributed by atoms with Gasteiger partial charge in [-0.15, -0.1) is 0 Å². The first-order valence-corrected chi connectivity index (χ1v) is 8.81. The minimum atomic E-state index is -0.340. The van der Waals surface area contributed by atoms with Crippen LogP contribution in [0.2, 0.25) is 0 Å². The van der Waals surface area contributed by atoms with Crippen molar-refractivity contribution in [3.8, 4) is 0 Å². The highest BCUT2D eigenvalue weighted by atomic mass is 16.5. The van der Waals surface area contributed by atoms with E-state index in [1.807, 2.05) is 42.1 Å². The summed E-state index contributed by atoms with van der Waals surface area (Å²) in [6, 6.07) is 10.1. The summed E-state index contributed by atoms with van der Waals surface area (Å²) in [7, 11) is 3.82. The Morgan fingerprint density at radius 1 is 1.29 bits per heavy atom. The quantitative estimate of drug-likeness (QED) is 0.917. The van der Waals surface area contributed by atoms with Crippen LogP contribution in [0.1, 0.15) is 37.4 Å². The molecular weight excluding hydrogens is 304 g/mol. The topological polar surface area (TPSA) is 53.0 Å². The van der Waals surface area contributed by atoms with Gasteiger partial charge in [0, 0.05) is 25.9 Å². The molecule has 132 valence electrons. The van der Waals surface area contributed by atoms with Gasteiger partial charge in [0.05, 0.1) is 24.4 Å². The summed E-state index contributed by atoms with van der Waals surface area (Å²) in [5.74, 6) is 0.172. The zero-order valence-corrected chi connectivity index (χ0v) is 14.6. The number of carbonyl (C=O) groups is 1. The molecule has 1 amide bonds. The van der Waals surface area contributed by atoms with E-state index in [0.29, 0.717) is 32.5 Å². The van der Waals surface area contributed by atoms with Crippen LogP contribution in [0.5, 0.6) is 0 Å². The molecule has 5 heteroatoms. The highest BCUT2D eigenvalue weighted by Crippen LogP contribution is 2.42. The van der Waals surface area contributed by atoms with E-state index in [1.54, 1.807) is 0 Å². The standard InChI is InChI=1S/C19H28N2O3/c1-20(2)14-18(23)21-10-8-19(9-11-21)13-16(22)12-17(24-19)15-6-4-3-5-7-15/h3-7,16-17,22H,8-14H2,1-2H3/t16-,17-/m1/s1. The van der Waals surface area contributed by atoms with Crippen molar-refractivity contribution in [2.75, 3.05) is 33.7 Å². The van der Waals surface area contributed by atoms with Crippen molar-refractivity contribution in [3.63, 3.8) is 0 Å².